The number of hydrogen-bond acceptors (Lipinski definition) is 3. The predicted molar refractivity (Wildman–Crippen MR) is 109 cm³/mol. The van der Waals surface area contributed by atoms with E-state index in [1.165, 1.54) is 11.3 Å². The number of fused-ring (bicyclic) bond motifs is 1. The largest absolute Gasteiger partial charge is 0.456 e. The maximum absolute atomic E-state index is 13.2. The van der Waals surface area contributed by atoms with Gasteiger partial charge in [0.25, 0.3) is 0 Å². The van der Waals surface area contributed by atoms with Crippen LogP contribution in [0.5, 0.6) is 0 Å². The van der Waals surface area contributed by atoms with E-state index in [9.17, 15) is 9.59 Å². The second kappa shape index (κ2) is 5.26. The summed E-state index contributed by atoms with van der Waals surface area (Å²) in [6.07, 6.45) is 5.60. The summed E-state index contributed by atoms with van der Waals surface area (Å²) in [5.74, 6) is 2.21. The lowest BCUT2D eigenvalue weighted by atomic mass is 9.63. The smallest absolute Gasteiger partial charge is 0.238 e. The van der Waals surface area contributed by atoms with Crippen molar-refractivity contribution in [2.75, 3.05) is 4.90 Å². The second-order valence-electron chi connectivity index (χ2n) is 8.86. The van der Waals surface area contributed by atoms with Crippen LogP contribution in [-0.4, -0.2) is 11.8 Å². The summed E-state index contributed by atoms with van der Waals surface area (Å²) in [7, 11) is 0. The van der Waals surface area contributed by atoms with E-state index in [1.54, 1.807) is 0 Å². The van der Waals surface area contributed by atoms with E-state index in [0.29, 0.717) is 17.5 Å². The quantitative estimate of drug-likeness (QED) is 0.479. The van der Waals surface area contributed by atoms with Gasteiger partial charge in [0.15, 0.2) is 0 Å². The standard InChI is InChI=1S/C25H19NO3/c27-24-22-16-9-10-17(19-12-18(16)19)23(22)25(28)26(24)15-7-5-13(6-8-15)21-11-14-3-1-2-4-20(14)29-21/h1-11,16-19,22-23H,12H2/t16-,17-,18-,19+,22-,23-/m1/s1. The predicted octanol–water partition coefficient (Wildman–Crippen LogP) is 4.66. The van der Waals surface area contributed by atoms with Crippen LogP contribution in [0.25, 0.3) is 22.3 Å². The molecule has 3 aromatic rings. The number of benzene rings is 2. The molecule has 0 spiro atoms. The van der Waals surface area contributed by atoms with Gasteiger partial charge in [0.2, 0.25) is 11.8 Å². The number of furan rings is 1. The molecule has 0 unspecified atom stereocenters. The molecule has 4 nitrogen and oxygen atoms in total. The molecule has 2 aromatic carbocycles. The zero-order valence-electron chi connectivity index (χ0n) is 15.7. The number of rotatable bonds is 2. The van der Waals surface area contributed by atoms with Gasteiger partial charge in [-0.25, -0.2) is 0 Å². The van der Waals surface area contributed by atoms with Gasteiger partial charge in [-0.2, -0.15) is 0 Å². The van der Waals surface area contributed by atoms with Crippen molar-refractivity contribution in [3.8, 4) is 11.3 Å². The van der Waals surface area contributed by atoms with Gasteiger partial charge in [0.05, 0.1) is 17.5 Å². The zero-order valence-corrected chi connectivity index (χ0v) is 15.7. The minimum absolute atomic E-state index is 0.0128. The van der Waals surface area contributed by atoms with Crippen molar-refractivity contribution in [2.45, 2.75) is 6.42 Å². The van der Waals surface area contributed by atoms with Crippen molar-refractivity contribution in [3.05, 3.63) is 66.7 Å². The molecule has 1 aliphatic heterocycles. The highest BCUT2D eigenvalue weighted by Crippen LogP contribution is 2.65. The Labute approximate surface area is 167 Å². The van der Waals surface area contributed by atoms with Gasteiger partial charge in [-0.3, -0.25) is 14.5 Å². The topological polar surface area (TPSA) is 50.5 Å². The molecular weight excluding hydrogens is 362 g/mol. The Hall–Kier alpha value is -3.14. The van der Waals surface area contributed by atoms with Crippen molar-refractivity contribution < 1.29 is 14.0 Å². The molecule has 2 amide bonds. The number of para-hydroxylation sites is 1. The highest BCUT2D eigenvalue weighted by Gasteiger charge is 2.67. The third kappa shape index (κ3) is 1.99. The van der Waals surface area contributed by atoms with Crippen molar-refractivity contribution in [1.29, 1.82) is 0 Å². The van der Waals surface area contributed by atoms with Gasteiger partial charge in [0, 0.05) is 10.9 Å². The van der Waals surface area contributed by atoms with E-state index in [2.05, 4.69) is 12.2 Å². The molecule has 2 bridgehead atoms. The molecule has 8 rings (SSSR count). The minimum Gasteiger partial charge on any atom is -0.456 e. The molecule has 142 valence electrons. The number of carbonyl (C=O) groups is 2. The summed E-state index contributed by atoms with van der Waals surface area (Å²) in [4.78, 5) is 27.9. The Balaban J connectivity index is 1.23. The van der Waals surface area contributed by atoms with Crippen LogP contribution in [0.4, 0.5) is 5.69 Å². The third-order valence-corrected chi connectivity index (χ3v) is 7.50. The van der Waals surface area contributed by atoms with E-state index in [0.717, 1.165) is 22.3 Å². The maximum atomic E-state index is 13.2. The normalized spacial score (nSPS) is 34.0. The average molecular weight is 381 g/mol. The fraction of sp³-hybridized carbons (Fsp3) is 0.280. The summed E-state index contributed by atoms with van der Waals surface area (Å²) in [6.45, 7) is 0. The third-order valence-electron chi connectivity index (χ3n) is 7.50. The lowest BCUT2D eigenvalue weighted by molar-refractivity contribution is -0.124. The molecular formula is C25H19NO3. The van der Waals surface area contributed by atoms with E-state index in [4.69, 9.17) is 4.42 Å². The monoisotopic (exact) mass is 381 g/mol. The zero-order chi connectivity index (χ0) is 19.3. The molecule has 5 aliphatic rings. The first kappa shape index (κ1) is 15.7. The Kier molecular flexibility index (Phi) is 2.86. The van der Waals surface area contributed by atoms with Gasteiger partial charge in [0.1, 0.15) is 11.3 Å². The molecule has 0 radical (unpaired) electrons. The highest BCUT2D eigenvalue weighted by molar-refractivity contribution is 6.22. The molecule has 4 aliphatic carbocycles. The fourth-order valence-corrected chi connectivity index (χ4v) is 6.11. The van der Waals surface area contributed by atoms with Crippen LogP contribution in [0.1, 0.15) is 6.42 Å². The van der Waals surface area contributed by atoms with Crippen LogP contribution in [0.3, 0.4) is 0 Å². The van der Waals surface area contributed by atoms with Crippen molar-refractivity contribution >= 4 is 28.5 Å². The lowest BCUT2D eigenvalue weighted by Gasteiger charge is -2.37. The van der Waals surface area contributed by atoms with Crippen molar-refractivity contribution in [1.82, 2.24) is 0 Å². The first-order valence-electron chi connectivity index (χ1n) is 10.4. The van der Waals surface area contributed by atoms with E-state index in [1.807, 2.05) is 54.6 Å². The van der Waals surface area contributed by atoms with Gasteiger partial charge in [-0.05, 0) is 66.5 Å². The van der Waals surface area contributed by atoms with Gasteiger partial charge < -0.3 is 4.42 Å². The summed E-state index contributed by atoms with van der Waals surface area (Å²) in [6, 6.07) is 17.5. The maximum Gasteiger partial charge on any atom is 0.238 e. The van der Waals surface area contributed by atoms with Gasteiger partial charge in [-0.1, -0.05) is 30.4 Å². The fourth-order valence-electron chi connectivity index (χ4n) is 6.11. The lowest BCUT2D eigenvalue weighted by Crippen LogP contribution is -2.40. The Morgan fingerprint density at radius 1 is 0.828 bits per heavy atom. The molecule has 4 heteroatoms. The van der Waals surface area contributed by atoms with Gasteiger partial charge >= 0.3 is 0 Å². The summed E-state index contributed by atoms with van der Waals surface area (Å²) in [5.41, 5.74) is 2.45. The summed E-state index contributed by atoms with van der Waals surface area (Å²) < 4.78 is 5.94. The van der Waals surface area contributed by atoms with Crippen molar-refractivity contribution in [3.63, 3.8) is 0 Å². The number of allylic oxidation sites excluding steroid dienone is 2. The minimum atomic E-state index is -0.156. The number of hydrogen-bond donors (Lipinski definition) is 0. The van der Waals surface area contributed by atoms with E-state index < -0.39 is 0 Å². The first-order chi connectivity index (χ1) is 14.2. The molecule has 29 heavy (non-hydrogen) atoms. The molecule has 2 saturated carbocycles. The van der Waals surface area contributed by atoms with E-state index >= 15 is 0 Å². The Morgan fingerprint density at radius 3 is 2.14 bits per heavy atom. The number of carbonyl (C=O) groups excluding carboxylic acids is 2. The molecule has 6 atom stereocenters. The number of anilines is 1. The first-order valence-corrected chi connectivity index (χ1v) is 10.4. The molecule has 1 saturated heterocycles. The Bertz CT molecular complexity index is 1150. The molecule has 2 heterocycles. The van der Waals surface area contributed by atoms with Crippen LogP contribution in [0, 0.1) is 35.5 Å². The van der Waals surface area contributed by atoms with Crippen LogP contribution in [0.15, 0.2) is 71.2 Å². The van der Waals surface area contributed by atoms with Crippen LogP contribution in [-0.2, 0) is 9.59 Å². The second-order valence-corrected chi connectivity index (χ2v) is 8.86. The van der Waals surface area contributed by atoms with E-state index in [-0.39, 0.29) is 35.5 Å². The molecule has 0 N–H and O–H groups in total. The van der Waals surface area contributed by atoms with Gasteiger partial charge in [-0.15, -0.1) is 0 Å². The SMILES string of the molecule is O=C1[C@@H]2[C@@H]3C=C[C@H]([C@@H]4C[C@H]34)[C@H]2C(=O)N1c1ccc(-c2cc3ccccc3o2)cc1. The highest BCUT2D eigenvalue weighted by atomic mass is 16.3. The van der Waals surface area contributed by atoms with Crippen LogP contribution < -0.4 is 4.90 Å². The number of nitrogens with zero attached hydrogens (tertiary/aromatic N) is 1. The summed E-state index contributed by atoms with van der Waals surface area (Å²) >= 11 is 0. The van der Waals surface area contributed by atoms with Crippen LogP contribution >= 0.6 is 0 Å². The number of imide groups is 1. The van der Waals surface area contributed by atoms with Crippen LogP contribution in [0.2, 0.25) is 0 Å². The number of amides is 2. The average Bonchev–Trinajstić information content (AvgIpc) is 3.40. The molecule has 3 fully saturated rings. The Morgan fingerprint density at radius 2 is 1.48 bits per heavy atom. The van der Waals surface area contributed by atoms with Crippen molar-refractivity contribution in [2.24, 2.45) is 35.5 Å². The summed E-state index contributed by atoms with van der Waals surface area (Å²) in [5, 5.41) is 1.06. The molecule has 1 aromatic heterocycles.